The number of hydrogen-bond acceptors (Lipinski definition) is 5. The Morgan fingerprint density at radius 3 is 2.61 bits per heavy atom. The second-order valence-corrected chi connectivity index (χ2v) is 9.14. The van der Waals surface area contributed by atoms with Crippen LogP contribution in [-0.4, -0.2) is 45.6 Å². The van der Waals surface area contributed by atoms with Crippen molar-refractivity contribution in [2.45, 2.75) is 32.0 Å². The molecule has 1 atom stereocenters. The second kappa shape index (κ2) is 8.64. The van der Waals surface area contributed by atoms with Crippen molar-refractivity contribution in [3.05, 3.63) is 83.4 Å². The number of piperidine rings is 1. The quantitative estimate of drug-likeness (QED) is 0.441. The SMILES string of the molecule is COc1ccc(Cn2nc(-c3ccc4c(c3)CN(C3CCC(=O)NC3=O)C4=O)c3ccccc32)cc1. The molecule has 1 unspecified atom stereocenters. The number of nitrogens with zero attached hydrogens (tertiary/aromatic N) is 3. The molecule has 36 heavy (non-hydrogen) atoms. The van der Waals surface area contributed by atoms with Crippen LogP contribution < -0.4 is 10.1 Å². The van der Waals surface area contributed by atoms with Gasteiger partial charge in [-0.25, -0.2) is 0 Å². The zero-order chi connectivity index (χ0) is 24.8. The lowest BCUT2D eigenvalue weighted by molar-refractivity contribution is -0.136. The van der Waals surface area contributed by atoms with Crippen molar-refractivity contribution in [3.63, 3.8) is 0 Å². The highest BCUT2D eigenvalue weighted by Gasteiger charge is 2.39. The minimum atomic E-state index is -0.629. The molecule has 1 fully saturated rings. The summed E-state index contributed by atoms with van der Waals surface area (Å²) in [6.45, 7) is 0.940. The summed E-state index contributed by atoms with van der Waals surface area (Å²) in [4.78, 5) is 38.5. The number of amides is 3. The summed E-state index contributed by atoms with van der Waals surface area (Å²) in [6.07, 6.45) is 0.580. The monoisotopic (exact) mass is 480 g/mol. The van der Waals surface area contributed by atoms with E-state index in [0.717, 1.165) is 39.0 Å². The third-order valence-corrected chi connectivity index (χ3v) is 6.95. The van der Waals surface area contributed by atoms with Gasteiger partial charge in [0.05, 0.1) is 19.2 Å². The van der Waals surface area contributed by atoms with Gasteiger partial charge in [0.2, 0.25) is 11.8 Å². The third-order valence-electron chi connectivity index (χ3n) is 6.95. The van der Waals surface area contributed by atoms with Gasteiger partial charge in [0.25, 0.3) is 5.91 Å². The molecule has 3 heterocycles. The predicted octanol–water partition coefficient (Wildman–Crippen LogP) is 3.52. The summed E-state index contributed by atoms with van der Waals surface area (Å²) in [5.41, 5.74) is 5.33. The van der Waals surface area contributed by atoms with Crippen LogP contribution in [0.25, 0.3) is 22.2 Å². The average Bonchev–Trinajstić information content (AvgIpc) is 3.42. The first-order valence-corrected chi connectivity index (χ1v) is 11.9. The number of aromatic nitrogens is 2. The van der Waals surface area contributed by atoms with Crippen LogP contribution in [0.5, 0.6) is 5.75 Å². The Hall–Kier alpha value is -4.46. The number of ether oxygens (including phenoxy) is 1. The van der Waals surface area contributed by atoms with Crippen molar-refractivity contribution in [3.8, 4) is 17.0 Å². The maximum atomic E-state index is 13.1. The molecule has 2 aliphatic rings. The van der Waals surface area contributed by atoms with Crippen LogP contribution in [0, 0.1) is 0 Å². The standard InChI is InChI=1S/C28H24N4O4/c1-36-20-9-6-17(7-10-20)15-32-23-5-3-2-4-22(23)26(30-32)18-8-11-21-19(14-18)16-31(28(21)35)24-12-13-25(33)29-27(24)34/h2-11,14,24H,12-13,15-16H2,1H3,(H,29,33,34). The summed E-state index contributed by atoms with van der Waals surface area (Å²) in [5.74, 6) is -0.0690. The number of rotatable bonds is 5. The van der Waals surface area contributed by atoms with E-state index in [-0.39, 0.29) is 18.2 Å². The number of nitrogens with one attached hydrogen (secondary N) is 1. The van der Waals surface area contributed by atoms with Crippen LogP contribution in [0.4, 0.5) is 0 Å². The lowest BCUT2D eigenvalue weighted by Crippen LogP contribution is -2.52. The number of benzene rings is 3. The molecular weight excluding hydrogens is 456 g/mol. The summed E-state index contributed by atoms with van der Waals surface area (Å²) in [7, 11) is 1.65. The van der Waals surface area contributed by atoms with Gasteiger partial charge in [0, 0.05) is 29.5 Å². The Balaban J connectivity index is 1.33. The van der Waals surface area contributed by atoms with E-state index in [1.54, 1.807) is 12.0 Å². The average molecular weight is 481 g/mol. The van der Waals surface area contributed by atoms with E-state index in [0.29, 0.717) is 25.1 Å². The molecular formula is C28H24N4O4. The molecule has 0 spiro atoms. The van der Waals surface area contributed by atoms with Crippen molar-refractivity contribution in [1.82, 2.24) is 20.0 Å². The first kappa shape index (κ1) is 22.0. The Morgan fingerprint density at radius 2 is 1.83 bits per heavy atom. The third kappa shape index (κ3) is 3.71. The van der Waals surface area contributed by atoms with Gasteiger partial charge < -0.3 is 9.64 Å². The summed E-state index contributed by atoms with van der Waals surface area (Å²) >= 11 is 0. The molecule has 6 rings (SSSR count). The Morgan fingerprint density at radius 1 is 1.03 bits per heavy atom. The molecule has 0 aliphatic carbocycles. The molecule has 4 aromatic rings. The summed E-state index contributed by atoms with van der Waals surface area (Å²) in [5, 5.41) is 8.33. The van der Waals surface area contributed by atoms with Gasteiger partial charge >= 0.3 is 0 Å². The van der Waals surface area contributed by atoms with Crippen LogP contribution in [-0.2, 0) is 22.7 Å². The molecule has 1 saturated heterocycles. The van der Waals surface area contributed by atoms with E-state index in [4.69, 9.17) is 9.84 Å². The van der Waals surface area contributed by atoms with Crippen molar-refractivity contribution >= 4 is 28.6 Å². The van der Waals surface area contributed by atoms with Crippen molar-refractivity contribution in [1.29, 1.82) is 0 Å². The van der Waals surface area contributed by atoms with Crippen molar-refractivity contribution < 1.29 is 19.1 Å². The van der Waals surface area contributed by atoms with Crippen LogP contribution in [0.1, 0.15) is 34.3 Å². The molecule has 1 N–H and O–H groups in total. The zero-order valence-electron chi connectivity index (χ0n) is 19.7. The number of carbonyl (C=O) groups excluding carboxylic acids is 3. The van der Waals surface area contributed by atoms with Crippen LogP contribution in [0.2, 0.25) is 0 Å². The van der Waals surface area contributed by atoms with Crippen LogP contribution >= 0.6 is 0 Å². The normalized spacial score (nSPS) is 17.4. The molecule has 1 aromatic heterocycles. The highest BCUT2D eigenvalue weighted by Crippen LogP contribution is 2.34. The van der Waals surface area contributed by atoms with E-state index in [1.165, 1.54) is 0 Å². The Kier molecular flexibility index (Phi) is 5.29. The Labute approximate surface area is 207 Å². The number of para-hydroxylation sites is 1. The zero-order valence-corrected chi connectivity index (χ0v) is 19.7. The number of methoxy groups -OCH3 is 1. The summed E-state index contributed by atoms with van der Waals surface area (Å²) in [6, 6.07) is 21.1. The predicted molar refractivity (Wildman–Crippen MR) is 133 cm³/mol. The highest BCUT2D eigenvalue weighted by molar-refractivity contribution is 6.06. The molecule has 0 radical (unpaired) electrons. The van der Waals surface area contributed by atoms with E-state index < -0.39 is 11.9 Å². The fraction of sp³-hybridized carbons (Fsp3) is 0.214. The first-order chi connectivity index (χ1) is 17.5. The molecule has 3 amide bonds. The topological polar surface area (TPSA) is 93.5 Å². The fourth-order valence-corrected chi connectivity index (χ4v) is 5.09. The minimum Gasteiger partial charge on any atom is -0.497 e. The van der Waals surface area contributed by atoms with Crippen LogP contribution in [0.15, 0.2) is 66.7 Å². The molecule has 3 aromatic carbocycles. The van der Waals surface area contributed by atoms with Gasteiger partial charge in [-0.05, 0) is 47.9 Å². The molecule has 180 valence electrons. The van der Waals surface area contributed by atoms with Gasteiger partial charge in [0.1, 0.15) is 17.5 Å². The van der Waals surface area contributed by atoms with Gasteiger partial charge in [-0.2, -0.15) is 5.10 Å². The number of imide groups is 1. The lowest BCUT2D eigenvalue weighted by Gasteiger charge is -2.29. The van der Waals surface area contributed by atoms with E-state index in [2.05, 4.69) is 17.4 Å². The van der Waals surface area contributed by atoms with Gasteiger partial charge in [-0.15, -0.1) is 0 Å². The highest BCUT2D eigenvalue weighted by atomic mass is 16.5. The van der Waals surface area contributed by atoms with E-state index in [1.807, 2.05) is 59.3 Å². The molecule has 0 saturated carbocycles. The number of carbonyl (C=O) groups is 3. The van der Waals surface area contributed by atoms with Gasteiger partial charge in [-0.1, -0.05) is 36.4 Å². The van der Waals surface area contributed by atoms with E-state index in [9.17, 15) is 14.4 Å². The van der Waals surface area contributed by atoms with E-state index >= 15 is 0 Å². The maximum Gasteiger partial charge on any atom is 0.255 e. The molecule has 0 bridgehead atoms. The second-order valence-electron chi connectivity index (χ2n) is 9.14. The molecule has 8 heteroatoms. The first-order valence-electron chi connectivity index (χ1n) is 11.9. The lowest BCUT2D eigenvalue weighted by atomic mass is 10.0. The molecule has 2 aliphatic heterocycles. The smallest absolute Gasteiger partial charge is 0.255 e. The van der Waals surface area contributed by atoms with Crippen molar-refractivity contribution in [2.24, 2.45) is 0 Å². The Bertz CT molecular complexity index is 1520. The van der Waals surface area contributed by atoms with Gasteiger partial charge in [-0.3, -0.25) is 24.4 Å². The maximum absolute atomic E-state index is 13.1. The van der Waals surface area contributed by atoms with Gasteiger partial charge in [0.15, 0.2) is 0 Å². The minimum absolute atomic E-state index is 0.180. The largest absolute Gasteiger partial charge is 0.497 e. The number of hydrogen-bond donors (Lipinski definition) is 1. The van der Waals surface area contributed by atoms with Crippen LogP contribution in [0.3, 0.4) is 0 Å². The summed E-state index contributed by atoms with van der Waals surface area (Å²) < 4.78 is 7.25. The molecule has 8 nitrogen and oxygen atoms in total. The fourth-order valence-electron chi connectivity index (χ4n) is 5.09. The number of fused-ring (bicyclic) bond motifs is 2. The van der Waals surface area contributed by atoms with Crippen molar-refractivity contribution in [2.75, 3.05) is 7.11 Å².